The molecule has 1 aliphatic heterocycles. The second-order valence-electron chi connectivity index (χ2n) is 8.14. The summed E-state index contributed by atoms with van der Waals surface area (Å²) in [6, 6.07) is 12.6. The number of rotatable bonds is 7. The van der Waals surface area contributed by atoms with Gasteiger partial charge in [-0.2, -0.15) is 18.2 Å². The number of sulfonamides is 1. The summed E-state index contributed by atoms with van der Waals surface area (Å²) in [7, 11) is -3.81. The summed E-state index contributed by atoms with van der Waals surface area (Å²) in [6.45, 7) is 3.84. The smallest absolute Gasteiger partial charge is 0.356 e. The zero-order valence-corrected chi connectivity index (χ0v) is 19.2. The first kappa shape index (κ1) is 23.8. The van der Waals surface area contributed by atoms with E-state index in [4.69, 9.17) is 0 Å². The average Bonchev–Trinajstić information content (AvgIpc) is 3.29. The molecule has 1 saturated heterocycles. The summed E-state index contributed by atoms with van der Waals surface area (Å²) in [4.78, 5) is 11.2. The van der Waals surface area contributed by atoms with Crippen LogP contribution in [0.3, 0.4) is 0 Å². The Morgan fingerprint density at radius 1 is 0.941 bits per heavy atom. The van der Waals surface area contributed by atoms with Crippen molar-refractivity contribution >= 4 is 33.2 Å². The molecule has 1 aliphatic rings. The molecule has 1 fully saturated rings. The Balaban J connectivity index is 1.39. The van der Waals surface area contributed by atoms with Gasteiger partial charge in [-0.05, 0) is 61.7 Å². The molecule has 11 heteroatoms. The Bertz CT molecular complexity index is 1240. The Morgan fingerprint density at radius 2 is 1.56 bits per heavy atom. The Kier molecular flexibility index (Phi) is 6.65. The number of nitrogens with one attached hydrogen (secondary N) is 2. The molecular formula is C23H24F3N5O2S. The second-order valence-corrected chi connectivity index (χ2v) is 9.87. The fourth-order valence-corrected chi connectivity index (χ4v) is 4.89. The third-order valence-corrected chi connectivity index (χ3v) is 6.58. The third kappa shape index (κ3) is 6.16. The van der Waals surface area contributed by atoms with Crippen LogP contribution in [0.4, 0.5) is 36.3 Å². The molecule has 4 rings (SSSR count). The van der Waals surface area contributed by atoms with Gasteiger partial charge in [-0.3, -0.25) is 4.72 Å². The highest BCUT2D eigenvalue weighted by Crippen LogP contribution is 2.29. The van der Waals surface area contributed by atoms with Gasteiger partial charge >= 0.3 is 6.18 Å². The summed E-state index contributed by atoms with van der Waals surface area (Å²) in [6.07, 6.45) is -2.19. The normalized spacial score (nSPS) is 14.3. The number of nitrogens with zero attached hydrogens (tertiary/aromatic N) is 3. The third-order valence-electron chi connectivity index (χ3n) is 5.32. The van der Waals surface area contributed by atoms with Gasteiger partial charge in [0.1, 0.15) is 5.82 Å². The number of aryl methyl sites for hydroxylation is 1. The molecule has 0 atom stereocenters. The second kappa shape index (κ2) is 9.49. The fraction of sp³-hybridized carbons (Fsp3) is 0.304. The molecule has 2 heterocycles. The molecule has 1 aromatic heterocycles. The Morgan fingerprint density at radius 3 is 2.18 bits per heavy atom. The molecule has 0 saturated carbocycles. The summed E-state index contributed by atoms with van der Waals surface area (Å²) >= 11 is 0. The first-order chi connectivity index (χ1) is 16.1. The average molecular weight is 492 g/mol. The zero-order chi connectivity index (χ0) is 24.3. The monoisotopic (exact) mass is 491 g/mol. The molecule has 0 amide bonds. The van der Waals surface area contributed by atoms with E-state index >= 15 is 0 Å². The minimum atomic E-state index is -4.47. The fourth-order valence-electron chi connectivity index (χ4n) is 3.69. The molecule has 3 aromatic rings. The van der Waals surface area contributed by atoms with E-state index < -0.39 is 27.5 Å². The van der Waals surface area contributed by atoms with Gasteiger partial charge < -0.3 is 10.2 Å². The molecular weight excluding hydrogens is 467 g/mol. The van der Waals surface area contributed by atoms with Gasteiger partial charge in [0.25, 0.3) is 0 Å². The number of hydrogen-bond donors (Lipinski definition) is 2. The van der Waals surface area contributed by atoms with Crippen LogP contribution in [0.2, 0.25) is 0 Å². The number of benzene rings is 2. The molecule has 2 aromatic carbocycles. The van der Waals surface area contributed by atoms with E-state index in [9.17, 15) is 21.6 Å². The van der Waals surface area contributed by atoms with E-state index in [1.165, 1.54) is 0 Å². The van der Waals surface area contributed by atoms with Crippen molar-refractivity contribution in [3.05, 3.63) is 71.4 Å². The van der Waals surface area contributed by atoms with Crippen LogP contribution in [-0.4, -0.2) is 31.5 Å². The Hall–Kier alpha value is -3.34. The Labute approximate surface area is 196 Å². The van der Waals surface area contributed by atoms with Gasteiger partial charge in [0, 0.05) is 36.2 Å². The van der Waals surface area contributed by atoms with Gasteiger partial charge in [-0.15, -0.1) is 0 Å². The van der Waals surface area contributed by atoms with Gasteiger partial charge in [0.2, 0.25) is 16.0 Å². The van der Waals surface area contributed by atoms with Crippen molar-refractivity contribution in [2.24, 2.45) is 0 Å². The molecule has 0 unspecified atom stereocenters. The van der Waals surface area contributed by atoms with Crippen molar-refractivity contribution in [2.75, 3.05) is 28.0 Å². The SMILES string of the molecule is Cc1cc(N2CCCC2)nc(Nc2ccc(NS(=O)(=O)Cc3ccc(C(F)(F)F)cc3)cc2)n1. The number of aromatic nitrogens is 2. The van der Waals surface area contributed by atoms with Crippen molar-refractivity contribution in [1.29, 1.82) is 0 Å². The largest absolute Gasteiger partial charge is 0.416 e. The van der Waals surface area contributed by atoms with Crippen LogP contribution in [0.15, 0.2) is 54.6 Å². The van der Waals surface area contributed by atoms with Crippen molar-refractivity contribution in [1.82, 2.24) is 9.97 Å². The summed E-state index contributed by atoms with van der Waals surface area (Å²) in [5.74, 6) is 0.888. The van der Waals surface area contributed by atoms with Crippen LogP contribution < -0.4 is 14.9 Å². The highest BCUT2D eigenvalue weighted by atomic mass is 32.2. The lowest BCUT2D eigenvalue weighted by molar-refractivity contribution is -0.137. The quantitative estimate of drug-likeness (QED) is 0.479. The van der Waals surface area contributed by atoms with E-state index in [1.807, 2.05) is 13.0 Å². The summed E-state index contributed by atoms with van der Waals surface area (Å²) < 4.78 is 65.4. The van der Waals surface area contributed by atoms with Gasteiger partial charge in [0.05, 0.1) is 11.3 Å². The molecule has 0 aliphatic carbocycles. The molecule has 7 nitrogen and oxygen atoms in total. The number of halogens is 3. The van der Waals surface area contributed by atoms with Crippen molar-refractivity contribution in [3.8, 4) is 0 Å². The highest BCUT2D eigenvalue weighted by molar-refractivity contribution is 7.91. The summed E-state index contributed by atoms with van der Waals surface area (Å²) in [5.41, 5.74) is 1.29. The number of anilines is 4. The predicted molar refractivity (Wildman–Crippen MR) is 126 cm³/mol. The van der Waals surface area contributed by atoms with Crippen LogP contribution in [0, 0.1) is 6.92 Å². The first-order valence-corrected chi connectivity index (χ1v) is 12.4. The van der Waals surface area contributed by atoms with Crippen LogP contribution in [-0.2, 0) is 22.0 Å². The predicted octanol–water partition coefficient (Wildman–Crippen LogP) is 5.09. The summed E-state index contributed by atoms with van der Waals surface area (Å²) in [5, 5.41) is 3.14. The lowest BCUT2D eigenvalue weighted by Gasteiger charge is -2.17. The first-order valence-electron chi connectivity index (χ1n) is 10.7. The van der Waals surface area contributed by atoms with E-state index in [1.54, 1.807) is 24.3 Å². The van der Waals surface area contributed by atoms with Crippen molar-refractivity contribution in [3.63, 3.8) is 0 Å². The van der Waals surface area contributed by atoms with Crippen LogP contribution in [0.25, 0.3) is 0 Å². The lowest BCUT2D eigenvalue weighted by Crippen LogP contribution is -2.19. The van der Waals surface area contributed by atoms with E-state index in [0.717, 1.165) is 61.7 Å². The van der Waals surface area contributed by atoms with Crippen LogP contribution >= 0.6 is 0 Å². The van der Waals surface area contributed by atoms with Crippen LogP contribution in [0.5, 0.6) is 0 Å². The van der Waals surface area contributed by atoms with E-state index in [0.29, 0.717) is 17.3 Å². The number of alkyl halides is 3. The zero-order valence-electron chi connectivity index (χ0n) is 18.4. The molecule has 0 radical (unpaired) electrons. The maximum Gasteiger partial charge on any atom is 0.416 e. The maximum absolute atomic E-state index is 12.7. The highest BCUT2D eigenvalue weighted by Gasteiger charge is 2.30. The maximum atomic E-state index is 12.7. The molecule has 0 bridgehead atoms. The van der Waals surface area contributed by atoms with E-state index in [-0.39, 0.29) is 5.56 Å². The lowest BCUT2D eigenvalue weighted by atomic mass is 10.1. The van der Waals surface area contributed by atoms with Crippen LogP contribution in [0.1, 0.15) is 29.7 Å². The standard InChI is InChI=1S/C23H24F3N5O2S/c1-16-14-21(31-12-2-3-13-31)29-22(27-16)28-19-8-10-20(11-9-19)30-34(32,33)15-17-4-6-18(7-5-17)23(24,25)26/h4-11,14,30H,2-3,12-13,15H2,1H3,(H,27,28,29). The van der Waals surface area contributed by atoms with Crippen molar-refractivity contribution in [2.45, 2.75) is 31.7 Å². The topological polar surface area (TPSA) is 87.2 Å². The molecule has 180 valence electrons. The number of hydrogen-bond acceptors (Lipinski definition) is 6. The van der Waals surface area contributed by atoms with E-state index in [2.05, 4.69) is 24.9 Å². The minimum absolute atomic E-state index is 0.254. The van der Waals surface area contributed by atoms with Gasteiger partial charge in [-0.25, -0.2) is 13.4 Å². The molecule has 0 spiro atoms. The van der Waals surface area contributed by atoms with Gasteiger partial charge in [0.15, 0.2) is 0 Å². The van der Waals surface area contributed by atoms with Crippen molar-refractivity contribution < 1.29 is 21.6 Å². The van der Waals surface area contributed by atoms with Gasteiger partial charge in [-0.1, -0.05) is 12.1 Å². The molecule has 34 heavy (non-hydrogen) atoms. The molecule has 2 N–H and O–H groups in total. The minimum Gasteiger partial charge on any atom is -0.356 e.